The SMILES string of the molecule is [N-]=[N+]=C1C=CC(Cl)=C(Cl)C1. The molecule has 4 heteroatoms. The van der Waals surface area contributed by atoms with Crippen LogP contribution in [0.1, 0.15) is 6.42 Å². The van der Waals surface area contributed by atoms with Crippen molar-refractivity contribution in [3.05, 3.63) is 27.7 Å². The molecular formula is C6H4Cl2N2. The first-order valence-corrected chi connectivity index (χ1v) is 3.43. The molecule has 1 aliphatic carbocycles. The summed E-state index contributed by atoms with van der Waals surface area (Å²) >= 11 is 11.3. The van der Waals surface area contributed by atoms with Gasteiger partial charge in [-0.25, -0.2) is 0 Å². The zero-order valence-electron chi connectivity index (χ0n) is 5.01. The van der Waals surface area contributed by atoms with Crippen molar-refractivity contribution in [1.29, 1.82) is 0 Å². The Labute approximate surface area is 68.4 Å². The summed E-state index contributed by atoms with van der Waals surface area (Å²) in [5.74, 6) is 0. The first-order valence-electron chi connectivity index (χ1n) is 2.67. The van der Waals surface area contributed by atoms with Crippen molar-refractivity contribution in [3.63, 3.8) is 0 Å². The van der Waals surface area contributed by atoms with Crippen molar-refractivity contribution in [2.75, 3.05) is 0 Å². The number of allylic oxidation sites excluding steroid dienone is 4. The van der Waals surface area contributed by atoms with Crippen LogP contribution in [0.2, 0.25) is 0 Å². The van der Waals surface area contributed by atoms with Crippen LogP contribution in [-0.2, 0) is 0 Å². The van der Waals surface area contributed by atoms with Crippen LogP contribution in [0, 0.1) is 0 Å². The van der Waals surface area contributed by atoms with Crippen molar-refractivity contribution < 1.29 is 4.79 Å². The summed E-state index contributed by atoms with van der Waals surface area (Å²) in [5.41, 5.74) is 8.83. The lowest BCUT2D eigenvalue weighted by Gasteiger charge is -1.98. The van der Waals surface area contributed by atoms with Gasteiger partial charge in [-0.05, 0) is 6.08 Å². The molecule has 0 unspecified atom stereocenters. The van der Waals surface area contributed by atoms with Gasteiger partial charge in [-0.1, -0.05) is 23.2 Å². The lowest BCUT2D eigenvalue weighted by Crippen LogP contribution is -1.99. The molecular weight excluding hydrogens is 171 g/mol. The maximum Gasteiger partial charge on any atom is 0.297 e. The lowest BCUT2D eigenvalue weighted by molar-refractivity contribution is -0.00547. The number of rotatable bonds is 0. The summed E-state index contributed by atoms with van der Waals surface area (Å²) in [6.07, 6.45) is 3.63. The fourth-order valence-corrected chi connectivity index (χ4v) is 0.961. The van der Waals surface area contributed by atoms with Crippen LogP contribution in [0.5, 0.6) is 0 Å². The average molecular weight is 175 g/mol. The molecule has 0 aromatic heterocycles. The lowest BCUT2D eigenvalue weighted by atomic mass is 10.1. The molecule has 0 atom stereocenters. The van der Waals surface area contributed by atoms with Gasteiger partial charge in [-0.2, -0.15) is 4.79 Å². The van der Waals surface area contributed by atoms with E-state index in [2.05, 4.69) is 4.79 Å². The highest BCUT2D eigenvalue weighted by Crippen LogP contribution is 2.22. The van der Waals surface area contributed by atoms with E-state index in [1.807, 2.05) is 0 Å². The fourth-order valence-electron chi connectivity index (χ4n) is 0.631. The van der Waals surface area contributed by atoms with Crippen LogP contribution in [-0.4, -0.2) is 10.5 Å². The highest BCUT2D eigenvalue weighted by molar-refractivity contribution is 6.41. The van der Waals surface area contributed by atoms with Gasteiger partial charge >= 0.3 is 0 Å². The molecule has 2 nitrogen and oxygen atoms in total. The molecule has 0 aromatic carbocycles. The second-order valence-electron chi connectivity index (χ2n) is 1.85. The third-order valence-corrected chi connectivity index (χ3v) is 1.93. The van der Waals surface area contributed by atoms with E-state index in [0.29, 0.717) is 22.2 Å². The fraction of sp³-hybridized carbons (Fsp3) is 0.167. The topological polar surface area (TPSA) is 36.4 Å². The molecule has 0 heterocycles. The predicted molar refractivity (Wildman–Crippen MR) is 41.1 cm³/mol. The minimum atomic E-state index is 0.410. The Bertz CT molecular complexity index is 259. The van der Waals surface area contributed by atoms with Gasteiger partial charge in [0.15, 0.2) is 0 Å². The molecule has 0 N–H and O–H groups in total. The first kappa shape index (κ1) is 7.55. The summed E-state index contributed by atoms with van der Waals surface area (Å²) in [4.78, 5) is 2.98. The number of hydrogen-bond acceptors (Lipinski definition) is 0. The third-order valence-electron chi connectivity index (χ3n) is 1.15. The zero-order valence-corrected chi connectivity index (χ0v) is 6.52. The van der Waals surface area contributed by atoms with Gasteiger partial charge < -0.3 is 5.53 Å². The van der Waals surface area contributed by atoms with Gasteiger partial charge in [0.05, 0.1) is 11.5 Å². The van der Waals surface area contributed by atoms with E-state index >= 15 is 0 Å². The summed E-state index contributed by atoms with van der Waals surface area (Å²) in [6.45, 7) is 0. The third kappa shape index (κ3) is 1.48. The summed E-state index contributed by atoms with van der Waals surface area (Å²) in [7, 11) is 0. The Kier molecular flexibility index (Phi) is 2.28. The van der Waals surface area contributed by atoms with Gasteiger partial charge in [0.25, 0.3) is 5.71 Å². The van der Waals surface area contributed by atoms with Crippen LogP contribution in [0.15, 0.2) is 22.2 Å². The van der Waals surface area contributed by atoms with Crippen molar-refractivity contribution in [1.82, 2.24) is 0 Å². The molecule has 0 spiro atoms. The van der Waals surface area contributed by atoms with Crippen molar-refractivity contribution >= 4 is 28.9 Å². The normalized spacial score (nSPS) is 17.6. The van der Waals surface area contributed by atoms with Gasteiger partial charge in [0, 0.05) is 11.1 Å². The van der Waals surface area contributed by atoms with E-state index in [0.717, 1.165) is 0 Å². The van der Waals surface area contributed by atoms with E-state index in [-0.39, 0.29) is 0 Å². The van der Waals surface area contributed by atoms with E-state index < -0.39 is 0 Å². The van der Waals surface area contributed by atoms with E-state index in [1.165, 1.54) is 0 Å². The summed E-state index contributed by atoms with van der Waals surface area (Å²) < 4.78 is 0. The van der Waals surface area contributed by atoms with Crippen LogP contribution in [0.25, 0.3) is 5.53 Å². The highest BCUT2D eigenvalue weighted by Gasteiger charge is 2.13. The summed E-state index contributed by atoms with van der Waals surface area (Å²) in [6, 6.07) is 0. The van der Waals surface area contributed by atoms with Gasteiger partial charge in [-0.3, -0.25) is 0 Å². The molecule has 0 radical (unpaired) electrons. The van der Waals surface area contributed by atoms with Gasteiger partial charge in [0.1, 0.15) is 0 Å². The molecule has 10 heavy (non-hydrogen) atoms. The standard InChI is InChI=1S/C6H4Cl2N2/c7-5-2-1-4(10-9)3-6(5)8/h1-2H,3H2. The quantitative estimate of drug-likeness (QED) is 0.400. The van der Waals surface area contributed by atoms with Gasteiger partial charge in [0.2, 0.25) is 0 Å². The van der Waals surface area contributed by atoms with E-state index in [1.54, 1.807) is 12.2 Å². The monoisotopic (exact) mass is 174 g/mol. The summed E-state index contributed by atoms with van der Waals surface area (Å²) in [5, 5.41) is 1.02. The second-order valence-corrected chi connectivity index (χ2v) is 2.72. The number of nitrogens with zero attached hydrogens (tertiary/aromatic N) is 2. The Morgan fingerprint density at radius 2 is 2.10 bits per heavy atom. The minimum Gasteiger partial charge on any atom is -0.361 e. The van der Waals surface area contributed by atoms with Crippen molar-refractivity contribution in [2.45, 2.75) is 6.42 Å². The maximum atomic E-state index is 8.31. The molecule has 0 bridgehead atoms. The van der Waals surface area contributed by atoms with Crippen LogP contribution in [0.3, 0.4) is 0 Å². The Morgan fingerprint density at radius 3 is 2.60 bits per heavy atom. The molecule has 0 saturated carbocycles. The Balaban J connectivity index is 2.95. The molecule has 0 amide bonds. The number of hydrogen-bond donors (Lipinski definition) is 0. The zero-order chi connectivity index (χ0) is 7.56. The van der Waals surface area contributed by atoms with E-state index in [9.17, 15) is 0 Å². The van der Waals surface area contributed by atoms with E-state index in [4.69, 9.17) is 28.7 Å². The van der Waals surface area contributed by atoms with Crippen molar-refractivity contribution in [2.24, 2.45) is 0 Å². The molecule has 1 aliphatic rings. The minimum absolute atomic E-state index is 0.410. The van der Waals surface area contributed by atoms with Crippen LogP contribution < -0.4 is 0 Å². The molecule has 0 fully saturated rings. The average Bonchev–Trinajstić information content (AvgIpc) is 1.95. The number of halogens is 2. The largest absolute Gasteiger partial charge is 0.361 e. The Hall–Kier alpha value is -0.560. The molecule has 1 rings (SSSR count). The highest BCUT2D eigenvalue weighted by atomic mass is 35.5. The smallest absolute Gasteiger partial charge is 0.297 e. The van der Waals surface area contributed by atoms with Crippen LogP contribution in [0.4, 0.5) is 0 Å². The molecule has 0 aliphatic heterocycles. The van der Waals surface area contributed by atoms with Crippen molar-refractivity contribution in [3.8, 4) is 0 Å². The molecule has 0 aromatic rings. The second kappa shape index (κ2) is 3.02. The Morgan fingerprint density at radius 1 is 1.40 bits per heavy atom. The first-order chi connectivity index (χ1) is 4.74. The maximum absolute atomic E-state index is 8.31. The molecule has 52 valence electrons. The molecule has 0 saturated heterocycles. The predicted octanol–water partition coefficient (Wildman–Crippen LogP) is 2.31. The van der Waals surface area contributed by atoms with Gasteiger partial charge in [-0.15, -0.1) is 0 Å². The van der Waals surface area contributed by atoms with Crippen LogP contribution >= 0.6 is 23.2 Å².